The van der Waals surface area contributed by atoms with Gasteiger partial charge in [0.25, 0.3) is 0 Å². The van der Waals surface area contributed by atoms with Crippen LogP contribution >= 0.6 is 0 Å². The summed E-state index contributed by atoms with van der Waals surface area (Å²) in [6, 6.07) is 0. The largest absolute Gasteiger partial charge is 0.353 e. The van der Waals surface area contributed by atoms with Crippen LogP contribution in [0.25, 0.3) is 0 Å². The lowest BCUT2D eigenvalue weighted by atomic mass is 9.94. The SMILES string of the molecule is COC1(OC)CCCCC1.COC1(OC)CCCCCC1.COC1(OC)CCCCCCC1.COC1(OC)CCCCCCCC1.COC1(OC)CCCCCCCCC1.COC1(OC)CCCCCCCCCC1.COC1(OC)CCCCCCCCCCC1.COC1(OC)CCCCCCCCCCCC1.COC1(OC)CCCCCCCCCCCCC1. The molecule has 9 fully saturated rings. The molecule has 0 atom stereocenters. The maximum atomic E-state index is 5.67. The highest BCUT2D eigenvalue weighted by Gasteiger charge is 2.36. The first kappa shape index (κ1) is 123. The molecule has 9 aliphatic rings. The third-order valence-electron chi connectivity index (χ3n) is 30.2. The molecule has 0 aromatic heterocycles. The van der Waals surface area contributed by atoms with E-state index in [4.69, 9.17) is 85.3 Å². The standard InChI is InChI=1S/C16H32O2.C15H30O2.C14H28O2.C13H26O2.C12H24O2.C11H22O2.C10H20O2.C9H18O2.C8H16O2/c1-17-16(18-2)14-12-10-8-6-4-3-5-7-9-11-13-15-16;1-16-15(17-2)13-11-9-7-5-3-4-6-8-10-12-14-15;1-15-14(16-2)12-10-8-6-4-3-5-7-9-11-13-14;1-14-13(15-2)11-9-7-5-3-4-6-8-10-12-13;1-13-12(14-2)10-8-6-4-3-5-7-9-11-12;1-12-11(13-2)9-7-5-3-4-6-8-10-11;1-11-10(12-2)8-6-4-3-5-7-9-10;1-10-9(11-2)7-5-3-4-6-8-9;1-9-8(10-2)6-4-3-5-7-8/h3-15H2,1-2H3;3-14H2,1-2H3;3-13H2,1-2H3;3-12H2,1-2H3;3-11H2,1-2H3;3-10H2,1-2H3;3-9H2,1-2H3;3-8H2,1-2H3;3-7H2,1-2H3. The molecule has 126 heavy (non-hydrogen) atoms. The van der Waals surface area contributed by atoms with Crippen LogP contribution in [-0.2, 0) is 85.3 Å². The molecular formula is C108H216O18. The summed E-state index contributed by atoms with van der Waals surface area (Å²) < 4.78 is 99.3. The summed E-state index contributed by atoms with van der Waals surface area (Å²) in [5.41, 5.74) is 0. The monoisotopic (exact) mass is 1800 g/mol. The Morgan fingerprint density at radius 2 is 0.111 bits per heavy atom. The minimum atomic E-state index is -0.301. The quantitative estimate of drug-likeness (QED) is 0.0938. The Bertz CT molecular complexity index is 2130. The Labute approximate surface area is 781 Å². The van der Waals surface area contributed by atoms with Crippen molar-refractivity contribution < 1.29 is 85.3 Å². The first-order valence-corrected chi connectivity index (χ1v) is 53.4. The Balaban J connectivity index is 0.000000712. The normalized spacial score (nSPS) is 24.4. The average Bonchev–Trinajstić information content (AvgIpc) is 1.17. The smallest absolute Gasteiger partial charge is 0.167 e. The number of rotatable bonds is 18. The number of methoxy groups -OCH3 is 18. The minimum absolute atomic E-state index is 0.238. The molecule has 0 aromatic rings. The second-order valence-corrected chi connectivity index (χ2v) is 38.6. The van der Waals surface area contributed by atoms with E-state index in [2.05, 4.69) is 0 Å². The van der Waals surface area contributed by atoms with Crippen LogP contribution < -0.4 is 0 Å². The summed E-state index contributed by atoms with van der Waals surface area (Å²) >= 11 is 0. The van der Waals surface area contributed by atoms with Gasteiger partial charge in [-0.25, -0.2) is 0 Å². The zero-order valence-electron chi connectivity index (χ0n) is 87.1. The van der Waals surface area contributed by atoms with Crippen molar-refractivity contribution >= 4 is 0 Å². The predicted octanol–water partition coefficient (Wildman–Crippen LogP) is 31.5. The van der Waals surface area contributed by atoms with Gasteiger partial charge in [0, 0.05) is 244 Å². The lowest BCUT2D eigenvalue weighted by Crippen LogP contribution is -2.35. The Kier molecular flexibility index (Phi) is 79.7. The van der Waals surface area contributed by atoms with E-state index in [-0.39, 0.29) is 52.1 Å². The van der Waals surface area contributed by atoms with Gasteiger partial charge in [-0.1, -0.05) is 289 Å². The molecule has 18 nitrogen and oxygen atoms in total. The van der Waals surface area contributed by atoms with Gasteiger partial charge in [0.2, 0.25) is 0 Å². The molecular weight excluding hydrogens is 1590 g/mol. The topological polar surface area (TPSA) is 166 Å². The average molecular weight is 1800 g/mol. The van der Waals surface area contributed by atoms with Crippen molar-refractivity contribution in [3.63, 3.8) is 0 Å². The lowest BCUT2D eigenvalue weighted by molar-refractivity contribution is -0.223. The van der Waals surface area contributed by atoms with Crippen LogP contribution in [0.2, 0.25) is 0 Å². The molecule has 0 spiro atoms. The van der Waals surface area contributed by atoms with Gasteiger partial charge in [0.05, 0.1) is 0 Å². The van der Waals surface area contributed by atoms with Crippen molar-refractivity contribution in [2.24, 2.45) is 0 Å². The molecule has 18 heteroatoms. The van der Waals surface area contributed by atoms with Crippen molar-refractivity contribution in [1.82, 2.24) is 0 Å². The van der Waals surface area contributed by atoms with Crippen LogP contribution in [0.4, 0.5) is 0 Å². The zero-order valence-corrected chi connectivity index (χ0v) is 87.1. The van der Waals surface area contributed by atoms with Crippen molar-refractivity contribution in [3.05, 3.63) is 0 Å². The summed E-state index contributed by atoms with van der Waals surface area (Å²) in [6.07, 6.45) is 103. The summed E-state index contributed by atoms with van der Waals surface area (Å²) in [7, 11) is 31.9. The molecule has 0 aromatic carbocycles. The molecule has 756 valence electrons. The van der Waals surface area contributed by atoms with Gasteiger partial charge in [-0.05, 0) is 116 Å². The minimum Gasteiger partial charge on any atom is -0.353 e. The van der Waals surface area contributed by atoms with Crippen molar-refractivity contribution in [2.45, 2.75) is 572 Å². The highest BCUT2D eigenvalue weighted by atomic mass is 16.7. The summed E-state index contributed by atoms with van der Waals surface area (Å²) in [4.78, 5) is 0. The zero-order chi connectivity index (χ0) is 92.5. The summed E-state index contributed by atoms with van der Waals surface area (Å²) in [5.74, 6) is -2.49. The molecule has 0 radical (unpaired) electrons. The second kappa shape index (κ2) is 81.5. The van der Waals surface area contributed by atoms with E-state index in [9.17, 15) is 0 Å². The predicted molar refractivity (Wildman–Crippen MR) is 525 cm³/mol. The highest BCUT2D eigenvalue weighted by Crippen LogP contribution is 2.38. The molecule has 9 saturated carbocycles. The Hall–Kier alpha value is -0.720. The molecule has 9 rings (SSSR count). The molecule has 0 bridgehead atoms. The Morgan fingerprint density at radius 1 is 0.0714 bits per heavy atom. The van der Waals surface area contributed by atoms with Crippen LogP contribution in [0.3, 0.4) is 0 Å². The first-order chi connectivity index (χ1) is 61.5. The third-order valence-corrected chi connectivity index (χ3v) is 30.2. The summed E-state index contributed by atoms with van der Waals surface area (Å²) in [5, 5.41) is 0. The highest BCUT2D eigenvalue weighted by molar-refractivity contribution is 4.79. The van der Waals surface area contributed by atoms with Gasteiger partial charge in [0.15, 0.2) is 52.1 Å². The van der Waals surface area contributed by atoms with Gasteiger partial charge in [-0.15, -0.1) is 0 Å². The van der Waals surface area contributed by atoms with E-state index in [0.29, 0.717) is 0 Å². The first-order valence-electron chi connectivity index (χ1n) is 53.4. The molecule has 0 amide bonds. The van der Waals surface area contributed by atoms with E-state index >= 15 is 0 Å². The van der Waals surface area contributed by atoms with Gasteiger partial charge in [-0.3, -0.25) is 0 Å². The van der Waals surface area contributed by atoms with E-state index in [1.54, 1.807) is 128 Å². The van der Waals surface area contributed by atoms with Crippen LogP contribution in [0, 0.1) is 0 Å². The number of hydrogen-bond acceptors (Lipinski definition) is 18. The van der Waals surface area contributed by atoms with E-state index in [1.807, 2.05) is 0 Å². The molecule has 0 aliphatic heterocycles. The van der Waals surface area contributed by atoms with Crippen LogP contribution in [-0.4, -0.2) is 180 Å². The number of hydrogen-bond donors (Lipinski definition) is 0. The van der Waals surface area contributed by atoms with Gasteiger partial charge < -0.3 is 85.3 Å². The van der Waals surface area contributed by atoms with Crippen molar-refractivity contribution in [2.75, 3.05) is 128 Å². The molecule has 0 N–H and O–H groups in total. The fraction of sp³-hybridized carbons (Fsp3) is 1.00. The van der Waals surface area contributed by atoms with Gasteiger partial charge in [-0.2, -0.15) is 0 Å². The Morgan fingerprint density at radius 3 is 0.159 bits per heavy atom. The van der Waals surface area contributed by atoms with Gasteiger partial charge >= 0.3 is 0 Å². The number of ether oxygens (including phenoxy) is 18. The summed E-state index contributed by atoms with van der Waals surface area (Å²) in [6.45, 7) is 0. The van der Waals surface area contributed by atoms with Crippen LogP contribution in [0.15, 0.2) is 0 Å². The molecule has 0 heterocycles. The second-order valence-electron chi connectivity index (χ2n) is 38.6. The van der Waals surface area contributed by atoms with E-state index in [0.717, 1.165) is 116 Å². The lowest BCUT2D eigenvalue weighted by Gasteiger charge is -2.34. The molecule has 0 saturated heterocycles. The fourth-order valence-electron chi connectivity index (χ4n) is 20.6. The maximum absolute atomic E-state index is 5.67. The third kappa shape index (κ3) is 57.4. The van der Waals surface area contributed by atoms with Crippen LogP contribution in [0.1, 0.15) is 520 Å². The molecule has 9 aliphatic carbocycles. The van der Waals surface area contributed by atoms with Crippen LogP contribution in [0.5, 0.6) is 0 Å². The van der Waals surface area contributed by atoms with E-state index < -0.39 is 0 Å². The maximum Gasteiger partial charge on any atom is 0.167 e. The fourth-order valence-corrected chi connectivity index (χ4v) is 20.6. The van der Waals surface area contributed by atoms with Crippen molar-refractivity contribution in [3.8, 4) is 0 Å². The van der Waals surface area contributed by atoms with Crippen molar-refractivity contribution in [1.29, 1.82) is 0 Å². The van der Waals surface area contributed by atoms with E-state index in [1.165, 1.54) is 405 Å². The molecule has 0 unspecified atom stereocenters. The van der Waals surface area contributed by atoms with Gasteiger partial charge in [0.1, 0.15) is 0 Å².